The number of rotatable bonds is 10. The fraction of sp³-hybridized carbons (Fsp3) is 1.00. The molecule has 0 bridgehead atoms. The van der Waals surface area contributed by atoms with E-state index in [1.165, 1.54) is 32.4 Å². The minimum atomic E-state index is 0.411. The largest absolute Gasteiger partial charge is 0.316 e. The molecular weight excluding hydrogens is 232 g/mol. The Morgan fingerprint density at radius 3 is 2.26 bits per heavy atom. The Morgan fingerprint density at radius 2 is 1.84 bits per heavy atom. The molecule has 2 nitrogen and oxygen atoms in total. The molecular formula is C17H36N2. The van der Waals surface area contributed by atoms with Crippen molar-refractivity contribution in [1.82, 2.24) is 10.2 Å². The Balaban J connectivity index is 2.45. The van der Waals surface area contributed by atoms with Crippen molar-refractivity contribution in [2.75, 3.05) is 26.2 Å². The second-order valence-electron chi connectivity index (χ2n) is 7.66. The van der Waals surface area contributed by atoms with Gasteiger partial charge in [-0.15, -0.1) is 0 Å². The molecule has 1 aliphatic rings. The Kier molecular flexibility index (Phi) is 6.82. The zero-order valence-electron chi connectivity index (χ0n) is 14.1. The van der Waals surface area contributed by atoms with Gasteiger partial charge in [-0.05, 0) is 56.9 Å². The first kappa shape index (κ1) is 17.0. The van der Waals surface area contributed by atoms with Crippen molar-refractivity contribution in [2.45, 2.75) is 66.8 Å². The minimum Gasteiger partial charge on any atom is -0.316 e. The summed E-state index contributed by atoms with van der Waals surface area (Å²) >= 11 is 0. The fourth-order valence-corrected chi connectivity index (χ4v) is 2.54. The van der Waals surface area contributed by atoms with Crippen LogP contribution >= 0.6 is 0 Å². The third kappa shape index (κ3) is 6.76. The maximum atomic E-state index is 3.66. The van der Waals surface area contributed by atoms with E-state index in [-0.39, 0.29) is 0 Å². The number of nitrogens with one attached hydrogen (secondary N) is 1. The van der Waals surface area contributed by atoms with Gasteiger partial charge in [0.15, 0.2) is 0 Å². The summed E-state index contributed by atoms with van der Waals surface area (Å²) in [5.41, 5.74) is 0.411. The van der Waals surface area contributed by atoms with E-state index in [9.17, 15) is 0 Å². The van der Waals surface area contributed by atoms with Crippen LogP contribution in [-0.4, -0.2) is 37.1 Å². The summed E-state index contributed by atoms with van der Waals surface area (Å²) < 4.78 is 0. The summed E-state index contributed by atoms with van der Waals surface area (Å²) in [7, 11) is 0. The molecule has 114 valence electrons. The van der Waals surface area contributed by atoms with Crippen LogP contribution in [-0.2, 0) is 0 Å². The highest BCUT2D eigenvalue weighted by molar-refractivity contribution is 4.85. The minimum absolute atomic E-state index is 0.411. The highest BCUT2D eigenvalue weighted by Gasteiger charge is 2.30. The van der Waals surface area contributed by atoms with Gasteiger partial charge in [-0.3, -0.25) is 0 Å². The average Bonchev–Trinajstić information content (AvgIpc) is 3.11. The molecule has 0 amide bonds. The highest BCUT2D eigenvalue weighted by atomic mass is 15.2. The third-order valence-electron chi connectivity index (χ3n) is 4.46. The van der Waals surface area contributed by atoms with Crippen molar-refractivity contribution in [1.29, 1.82) is 0 Å². The third-order valence-corrected chi connectivity index (χ3v) is 4.46. The van der Waals surface area contributed by atoms with Crippen molar-refractivity contribution < 1.29 is 0 Å². The predicted molar refractivity (Wildman–Crippen MR) is 85.5 cm³/mol. The average molecular weight is 268 g/mol. The van der Waals surface area contributed by atoms with E-state index in [1.807, 2.05) is 0 Å². The van der Waals surface area contributed by atoms with Crippen molar-refractivity contribution in [3.8, 4) is 0 Å². The molecule has 0 spiro atoms. The maximum Gasteiger partial charge on any atom is 0.00502 e. The van der Waals surface area contributed by atoms with E-state index in [2.05, 4.69) is 51.8 Å². The van der Waals surface area contributed by atoms with Gasteiger partial charge >= 0.3 is 0 Å². The van der Waals surface area contributed by atoms with E-state index in [0.29, 0.717) is 11.5 Å². The SMILES string of the molecule is CCC(C)(CNCC(C)C)CN(CC1CC1)C(C)C. The van der Waals surface area contributed by atoms with Crippen LogP contribution in [0.5, 0.6) is 0 Å². The van der Waals surface area contributed by atoms with Crippen molar-refractivity contribution in [3.05, 3.63) is 0 Å². The summed E-state index contributed by atoms with van der Waals surface area (Å²) in [6, 6.07) is 0.677. The van der Waals surface area contributed by atoms with Crippen LogP contribution in [0.2, 0.25) is 0 Å². The lowest BCUT2D eigenvalue weighted by atomic mass is 9.86. The first-order chi connectivity index (χ1) is 8.86. The van der Waals surface area contributed by atoms with Gasteiger partial charge in [0.2, 0.25) is 0 Å². The molecule has 0 radical (unpaired) electrons. The van der Waals surface area contributed by atoms with E-state index in [0.717, 1.165) is 24.9 Å². The van der Waals surface area contributed by atoms with Gasteiger partial charge in [-0.1, -0.05) is 27.7 Å². The van der Waals surface area contributed by atoms with Crippen LogP contribution in [0, 0.1) is 17.3 Å². The number of nitrogens with zero attached hydrogens (tertiary/aromatic N) is 1. The zero-order chi connectivity index (χ0) is 14.5. The van der Waals surface area contributed by atoms with Gasteiger partial charge in [0, 0.05) is 25.7 Å². The van der Waals surface area contributed by atoms with Crippen molar-refractivity contribution >= 4 is 0 Å². The normalized spacial score (nSPS) is 19.4. The van der Waals surface area contributed by atoms with E-state index in [1.54, 1.807) is 0 Å². The van der Waals surface area contributed by atoms with Crippen LogP contribution in [0.25, 0.3) is 0 Å². The Hall–Kier alpha value is -0.0800. The van der Waals surface area contributed by atoms with Gasteiger partial charge in [0.05, 0.1) is 0 Å². The summed E-state index contributed by atoms with van der Waals surface area (Å²) in [5, 5.41) is 3.66. The maximum absolute atomic E-state index is 3.66. The van der Waals surface area contributed by atoms with Crippen molar-refractivity contribution in [2.24, 2.45) is 17.3 Å². The standard InChI is InChI=1S/C17H36N2/c1-7-17(6,12-18-10-14(2)3)13-19(15(4)5)11-16-8-9-16/h14-16,18H,7-13H2,1-6H3. The van der Waals surface area contributed by atoms with Crippen molar-refractivity contribution in [3.63, 3.8) is 0 Å². The molecule has 1 N–H and O–H groups in total. The first-order valence-corrected chi connectivity index (χ1v) is 8.31. The number of hydrogen-bond acceptors (Lipinski definition) is 2. The molecule has 0 aromatic rings. The zero-order valence-corrected chi connectivity index (χ0v) is 14.1. The molecule has 1 fully saturated rings. The summed E-state index contributed by atoms with van der Waals surface area (Å²) in [6.45, 7) is 18.9. The van der Waals surface area contributed by atoms with Crippen LogP contribution in [0.1, 0.15) is 60.8 Å². The first-order valence-electron chi connectivity index (χ1n) is 8.31. The summed E-state index contributed by atoms with van der Waals surface area (Å²) in [4.78, 5) is 2.71. The van der Waals surface area contributed by atoms with E-state index >= 15 is 0 Å². The van der Waals surface area contributed by atoms with Gasteiger partial charge in [-0.2, -0.15) is 0 Å². The second kappa shape index (κ2) is 7.64. The van der Waals surface area contributed by atoms with Gasteiger partial charge < -0.3 is 10.2 Å². The van der Waals surface area contributed by atoms with Gasteiger partial charge in [0.25, 0.3) is 0 Å². The molecule has 19 heavy (non-hydrogen) atoms. The van der Waals surface area contributed by atoms with Gasteiger partial charge in [0.1, 0.15) is 0 Å². The van der Waals surface area contributed by atoms with E-state index < -0.39 is 0 Å². The Bertz CT molecular complexity index is 246. The van der Waals surface area contributed by atoms with Crippen LogP contribution in [0.3, 0.4) is 0 Å². The summed E-state index contributed by atoms with van der Waals surface area (Å²) in [6.07, 6.45) is 4.17. The molecule has 1 rings (SSSR count). The molecule has 0 aromatic carbocycles. The molecule has 0 heterocycles. The molecule has 0 aliphatic heterocycles. The quantitative estimate of drug-likeness (QED) is 0.649. The molecule has 1 atom stereocenters. The molecule has 1 aliphatic carbocycles. The molecule has 0 saturated heterocycles. The van der Waals surface area contributed by atoms with Crippen LogP contribution in [0.15, 0.2) is 0 Å². The smallest absolute Gasteiger partial charge is 0.00502 e. The highest BCUT2D eigenvalue weighted by Crippen LogP contribution is 2.32. The molecule has 2 heteroatoms. The monoisotopic (exact) mass is 268 g/mol. The lowest BCUT2D eigenvalue weighted by molar-refractivity contribution is 0.121. The Morgan fingerprint density at radius 1 is 1.21 bits per heavy atom. The Labute approximate surface area is 121 Å². The molecule has 1 unspecified atom stereocenters. The fourth-order valence-electron chi connectivity index (χ4n) is 2.54. The van der Waals surface area contributed by atoms with Gasteiger partial charge in [-0.25, -0.2) is 0 Å². The number of hydrogen-bond donors (Lipinski definition) is 1. The predicted octanol–water partition coefficient (Wildman–Crippen LogP) is 3.77. The topological polar surface area (TPSA) is 15.3 Å². The molecule has 0 aromatic heterocycles. The lowest BCUT2D eigenvalue weighted by Crippen LogP contribution is -2.45. The van der Waals surface area contributed by atoms with Crippen LogP contribution in [0.4, 0.5) is 0 Å². The van der Waals surface area contributed by atoms with Crippen LogP contribution < -0.4 is 5.32 Å². The summed E-state index contributed by atoms with van der Waals surface area (Å²) in [5.74, 6) is 1.74. The second-order valence-corrected chi connectivity index (χ2v) is 7.66. The molecule has 1 saturated carbocycles. The lowest BCUT2D eigenvalue weighted by Gasteiger charge is -2.37. The van der Waals surface area contributed by atoms with E-state index in [4.69, 9.17) is 0 Å².